The predicted molar refractivity (Wildman–Crippen MR) is 85.9 cm³/mol. The van der Waals surface area contributed by atoms with Crippen molar-refractivity contribution >= 4 is 21.6 Å². The highest BCUT2D eigenvalue weighted by molar-refractivity contribution is 7.92. The summed E-state index contributed by atoms with van der Waals surface area (Å²) in [7, 11) is -3.52. The van der Waals surface area contributed by atoms with Crippen LogP contribution in [0, 0.1) is 0 Å². The molecule has 0 aliphatic rings. The first-order valence-corrected chi connectivity index (χ1v) is 8.99. The average molecular weight is 312 g/mol. The first kappa shape index (κ1) is 17.5. The predicted octanol–water partition coefficient (Wildman–Crippen LogP) is 1.93. The van der Waals surface area contributed by atoms with Crippen LogP contribution < -0.4 is 9.62 Å². The van der Waals surface area contributed by atoms with Gasteiger partial charge in [0.15, 0.2) is 0 Å². The highest BCUT2D eigenvalue weighted by Crippen LogP contribution is 2.23. The van der Waals surface area contributed by atoms with Crippen molar-refractivity contribution in [1.82, 2.24) is 5.32 Å². The summed E-state index contributed by atoms with van der Waals surface area (Å²) in [6.07, 6.45) is 2.63. The van der Waals surface area contributed by atoms with Gasteiger partial charge in [-0.05, 0) is 31.4 Å². The van der Waals surface area contributed by atoms with Crippen LogP contribution in [0.3, 0.4) is 0 Å². The van der Waals surface area contributed by atoms with Crippen molar-refractivity contribution in [2.75, 3.05) is 17.1 Å². The largest absolute Gasteiger partial charge is 0.352 e. The number of carbonyl (C=O) groups excluding carboxylic acids is 1. The van der Waals surface area contributed by atoms with Gasteiger partial charge in [0.25, 0.3) is 0 Å². The number of benzene rings is 1. The number of hydrogen-bond donors (Lipinski definition) is 1. The Bertz CT molecular complexity index is 584. The standard InChI is InChI=1S/C15H24N2O3S/c1-5-12(3)16-15(18)11-17(21(4,19)20)14-10-8-7-9-13(14)6-2/h7-10,12H,5-6,11H2,1-4H3,(H,16,18)/t12-/m0/s1. The van der Waals surface area contributed by atoms with Crippen LogP contribution in [0.15, 0.2) is 24.3 Å². The summed E-state index contributed by atoms with van der Waals surface area (Å²) >= 11 is 0. The molecule has 0 unspecified atom stereocenters. The molecule has 0 aliphatic carbocycles. The Morgan fingerprint density at radius 3 is 2.43 bits per heavy atom. The van der Waals surface area contributed by atoms with E-state index < -0.39 is 10.0 Å². The Hall–Kier alpha value is -1.56. The maximum absolute atomic E-state index is 12.0. The zero-order valence-electron chi connectivity index (χ0n) is 13.1. The number of nitrogens with zero attached hydrogens (tertiary/aromatic N) is 1. The molecule has 1 aromatic carbocycles. The molecule has 0 saturated heterocycles. The minimum Gasteiger partial charge on any atom is -0.352 e. The van der Waals surface area contributed by atoms with Gasteiger partial charge in [0, 0.05) is 6.04 Å². The summed E-state index contributed by atoms with van der Waals surface area (Å²) < 4.78 is 25.2. The zero-order chi connectivity index (χ0) is 16.0. The number of amides is 1. The molecule has 21 heavy (non-hydrogen) atoms. The van der Waals surface area contributed by atoms with Crippen molar-refractivity contribution in [1.29, 1.82) is 0 Å². The summed E-state index contributed by atoms with van der Waals surface area (Å²) in [6.45, 7) is 5.62. The molecule has 6 heteroatoms. The zero-order valence-corrected chi connectivity index (χ0v) is 13.9. The molecule has 1 amide bonds. The number of sulfonamides is 1. The van der Waals surface area contributed by atoms with Gasteiger partial charge in [-0.2, -0.15) is 0 Å². The number of nitrogens with one attached hydrogen (secondary N) is 1. The van der Waals surface area contributed by atoms with Gasteiger partial charge < -0.3 is 5.32 Å². The van der Waals surface area contributed by atoms with Crippen LogP contribution in [-0.4, -0.2) is 33.2 Å². The third-order valence-electron chi connectivity index (χ3n) is 3.35. The molecular weight excluding hydrogens is 288 g/mol. The molecule has 0 bridgehead atoms. The van der Waals surface area contributed by atoms with E-state index in [1.54, 1.807) is 12.1 Å². The molecule has 0 aromatic heterocycles. The van der Waals surface area contributed by atoms with Gasteiger partial charge >= 0.3 is 0 Å². The molecule has 1 N–H and O–H groups in total. The SMILES string of the molecule is CCc1ccccc1N(CC(=O)N[C@@H](C)CC)S(C)(=O)=O. The lowest BCUT2D eigenvalue weighted by Crippen LogP contribution is -2.43. The van der Waals surface area contributed by atoms with Crippen LogP contribution in [0.5, 0.6) is 0 Å². The van der Waals surface area contributed by atoms with E-state index in [9.17, 15) is 13.2 Å². The fourth-order valence-corrected chi connectivity index (χ4v) is 2.87. The van der Waals surface area contributed by atoms with E-state index in [0.29, 0.717) is 12.1 Å². The monoisotopic (exact) mass is 312 g/mol. The molecule has 1 aromatic rings. The van der Waals surface area contributed by atoms with Gasteiger partial charge in [-0.15, -0.1) is 0 Å². The molecular formula is C15H24N2O3S. The molecule has 0 aliphatic heterocycles. The second-order valence-electron chi connectivity index (χ2n) is 5.13. The molecule has 0 fully saturated rings. The number of aryl methyl sites for hydroxylation is 1. The first-order chi connectivity index (χ1) is 9.79. The summed E-state index contributed by atoms with van der Waals surface area (Å²) in [5, 5.41) is 2.79. The van der Waals surface area contributed by atoms with Crippen LogP contribution in [0.2, 0.25) is 0 Å². The van der Waals surface area contributed by atoms with Gasteiger partial charge in [-0.25, -0.2) is 8.42 Å². The quantitative estimate of drug-likeness (QED) is 0.836. The van der Waals surface area contributed by atoms with Crippen LogP contribution in [0.25, 0.3) is 0 Å². The molecule has 5 nitrogen and oxygen atoms in total. The first-order valence-electron chi connectivity index (χ1n) is 7.14. The van der Waals surface area contributed by atoms with Crippen LogP contribution >= 0.6 is 0 Å². The smallest absolute Gasteiger partial charge is 0.240 e. The fourth-order valence-electron chi connectivity index (χ4n) is 1.99. The Morgan fingerprint density at radius 1 is 1.29 bits per heavy atom. The number of rotatable bonds is 7. The Morgan fingerprint density at radius 2 is 1.90 bits per heavy atom. The molecule has 0 radical (unpaired) electrons. The van der Waals surface area contributed by atoms with Crippen molar-refractivity contribution in [3.63, 3.8) is 0 Å². The van der Waals surface area contributed by atoms with Crippen molar-refractivity contribution < 1.29 is 13.2 Å². The molecule has 0 heterocycles. The van der Waals surface area contributed by atoms with E-state index >= 15 is 0 Å². The van der Waals surface area contributed by atoms with E-state index in [-0.39, 0.29) is 18.5 Å². The minimum absolute atomic E-state index is 0.0281. The van der Waals surface area contributed by atoms with Crippen molar-refractivity contribution in [2.24, 2.45) is 0 Å². The average Bonchev–Trinajstić information content (AvgIpc) is 2.43. The second kappa shape index (κ2) is 7.45. The summed E-state index contributed by atoms with van der Waals surface area (Å²) in [6, 6.07) is 7.28. The normalized spacial score (nSPS) is 12.8. The van der Waals surface area contributed by atoms with Gasteiger partial charge in [0.05, 0.1) is 11.9 Å². The van der Waals surface area contributed by atoms with Crippen molar-refractivity contribution in [3.8, 4) is 0 Å². The maximum Gasteiger partial charge on any atom is 0.240 e. The molecule has 1 atom stereocenters. The number of carbonyl (C=O) groups is 1. The van der Waals surface area contributed by atoms with Crippen LogP contribution in [0.1, 0.15) is 32.8 Å². The van der Waals surface area contributed by atoms with Crippen molar-refractivity contribution in [3.05, 3.63) is 29.8 Å². The highest BCUT2D eigenvalue weighted by Gasteiger charge is 2.23. The van der Waals surface area contributed by atoms with E-state index in [1.807, 2.05) is 32.9 Å². The van der Waals surface area contributed by atoms with Crippen molar-refractivity contribution in [2.45, 2.75) is 39.7 Å². The van der Waals surface area contributed by atoms with Crippen LogP contribution in [-0.2, 0) is 21.2 Å². The Balaban J connectivity index is 3.06. The highest BCUT2D eigenvalue weighted by atomic mass is 32.2. The van der Waals surface area contributed by atoms with E-state index in [4.69, 9.17) is 0 Å². The van der Waals surface area contributed by atoms with E-state index in [0.717, 1.165) is 18.2 Å². The third kappa shape index (κ3) is 5.04. The summed E-state index contributed by atoms with van der Waals surface area (Å²) in [5.74, 6) is -0.291. The molecule has 0 saturated carbocycles. The number of hydrogen-bond acceptors (Lipinski definition) is 3. The molecule has 0 spiro atoms. The Labute approximate surface area is 127 Å². The lowest BCUT2D eigenvalue weighted by Gasteiger charge is -2.25. The number of para-hydroxylation sites is 1. The maximum atomic E-state index is 12.0. The molecule has 1 rings (SSSR count). The fraction of sp³-hybridized carbons (Fsp3) is 0.533. The summed E-state index contributed by atoms with van der Waals surface area (Å²) in [4.78, 5) is 12.0. The van der Waals surface area contributed by atoms with E-state index in [1.165, 1.54) is 4.31 Å². The third-order valence-corrected chi connectivity index (χ3v) is 4.47. The van der Waals surface area contributed by atoms with Gasteiger partial charge in [0.2, 0.25) is 15.9 Å². The summed E-state index contributed by atoms with van der Waals surface area (Å²) in [5.41, 5.74) is 1.47. The Kier molecular flexibility index (Phi) is 6.20. The second-order valence-corrected chi connectivity index (χ2v) is 7.04. The van der Waals surface area contributed by atoms with Gasteiger partial charge in [0.1, 0.15) is 6.54 Å². The van der Waals surface area contributed by atoms with Gasteiger partial charge in [-0.3, -0.25) is 9.10 Å². The van der Waals surface area contributed by atoms with Gasteiger partial charge in [-0.1, -0.05) is 32.0 Å². The number of anilines is 1. The lowest BCUT2D eigenvalue weighted by atomic mass is 10.1. The topological polar surface area (TPSA) is 66.5 Å². The minimum atomic E-state index is -3.52. The molecule has 118 valence electrons. The van der Waals surface area contributed by atoms with E-state index in [2.05, 4.69) is 5.32 Å². The van der Waals surface area contributed by atoms with Crippen LogP contribution in [0.4, 0.5) is 5.69 Å². The lowest BCUT2D eigenvalue weighted by molar-refractivity contribution is -0.120.